The standard InChI is InChI=1S/C65H43N3/c1-4-16-44(17-5-1)47-30-32-48(33-31-47)53-42-60(51-22-14-24-54(38-51)67-62-28-12-10-26-56(62)57-27-11-13-29-63(57)67)66-61(43-53)52-23-15-25-55(39-52)68-64-36-34-49(45-18-6-2-7-19-45)40-58(64)59-41-50(35-37-65(59)68)46-20-8-3-9-21-46/h1-43H. The highest BCUT2D eigenvalue weighted by molar-refractivity contribution is 6.12. The van der Waals surface area contributed by atoms with Crippen molar-refractivity contribution < 1.29 is 0 Å². The number of rotatable bonds is 8. The molecule has 0 N–H and O–H groups in total. The molecule has 318 valence electrons. The van der Waals surface area contributed by atoms with Crippen molar-refractivity contribution in [2.24, 2.45) is 0 Å². The van der Waals surface area contributed by atoms with E-state index in [2.05, 4.69) is 270 Å². The summed E-state index contributed by atoms with van der Waals surface area (Å²) in [5.41, 5.74) is 20.2. The maximum absolute atomic E-state index is 5.53. The van der Waals surface area contributed by atoms with Gasteiger partial charge in [0.15, 0.2) is 0 Å². The Kier molecular flexibility index (Phi) is 9.50. The summed E-state index contributed by atoms with van der Waals surface area (Å²) in [6, 6.07) is 94.2. The largest absolute Gasteiger partial charge is 0.309 e. The average Bonchev–Trinajstić information content (AvgIpc) is 3.94. The number of pyridine rings is 1. The van der Waals surface area contributed by atoms with Crippen LogP contribution in [0.4, 0.5) is 0 Å². The predicted octanol–water partition coefficient (Wildman–Crippen LogP) is 17.3. The van der Waals surface area contributed by atoms with Gasteiger partial charge in [-0.05, 0) is 117 Å². The Hall–Kier alpha value is -9.05. The number of hydrogen-bond acceptors (Lipinski definition) is 1. The van der Waals surface area contributed by atoms with Gasteiger partial charge in [0, 0.05) is 44.0 Å². The molecule has 0 radical (unpaired) electrons. The van der Waals surface area contributed by atoms with Crippen molar-refractivity contribution in [3.8, 4) is 78.4 Å². The maximum Gasteiger partial charge on any atom is 0.0716 e. The predicted molar refractivity (Wildman–Crippen MR) is 286 cm³/mol. The molecule has 0 amide bonds. The van der Waals surface area contributed by atoms with Crippen LogP contribution in [0.15, 0.2) is 261 Å². The Labute approximate surface area is 395 Å². The monoisotopic (exact) mass is 865 g/mol. The molecule has 0 saturated carbocycles. The zero-order chi connectivity index (χ0) is 45.0. The Balaban J connectivity index is 0.977. The quantitative estimate of drug-likeness (QED) is 0.149. The molecule has 68 heavy (non-hydrogen) atoms. The molecule has 13 rings (SSSR count). The smallest absolute Gasteiger partial charge is 0.0716 e. The molecule has 0 atom stereocenters. The molecular formula is C65H43N3. The number of nitrogens with zero attached hydrogens (tertiary/aromatic N) is 3. The van der Waals surface area contributed by atoms with E-state index in [1.807, 2.05) is 0 Å². The fourth-order valence-electron chi connectivity index (χ4n) is 10.2. The molecule has 3 heterocycles. The van der Waals surface area contributed by atoms with Crippen LogP contribution in [0.25, 0.3) is 122 Å². The average molecular weight is 866 g/mol. The van der Waals surface area contributed by atoms with Crippen LogP contribution in [0.5, 0.6) is 0 Å². The van der Waals surface area contributed by atoms with Gasteiger partial charge in [0.2, 0.25) is 0 Å². The van der Waals surface area contributed by atoms with E-state index in [-0.39, 0.29) is 0 Å². The van der Waals surface area contributed by atoms with Gasteiger partial charge >= 0.3 is 0 Å². The molecule has 0 aliphatic rings. The molecule has 0 spiro atoms. The zero-order valence-corrected chi connectivity index (χ0v) is 37.2. The lowest BCUT2D eigenvalue weighted by Gasteiger charge is -2.14. The van der Waals surface area contributed by atoms with E-state index in [0.29, 0.717) is 0 Å². The van der Waals surface area contributed by atoms with Crippen molar-refractivity contribution in [2.75, 3.05) is 0 Å². The van der Waals surface area contributed by atoms with Gasteiger partial charge < -0.3 is 9.13 Å². The third kappa shape index (κ3) is 6.88. The highest BCUT2D eigenvalue weighted by atomic mass is 15.0. The number of benzene rings is 10. The third-order valence-electron chi connectivity index (χ3n) is 13.5. The van der Waals surface area contributed by atoms with Crippen LogP contribution in [0.3, 0.4) is 0 Å². The van der Waals surface area contributed by atoms with Crippen LogP contribution >= 0.6 is 0 Å². The summed E-state index contributed by atoms with van der Waals surface area (Å²) in [5, 5.41) is 4.92. The molecule has 0 aliphatic heterocycles. The van der Waals surface area contributed by atoms with Crippen molar-refractivity contribution in [1.82, 2.24) is 14.1 Å². The van der Waals surface area contributed by atoms with Crippen LogP contribution in [0.1, 0.15) is 0 Å². The molecule has 0 aliphatic carbocycles. The van der Waals surface area contributed by atoms with E-state index in [4.69, 9.17) is 4.98 Å². The van der Waals surface area contributed by atoms with Crippen molar-refractivity contribution in [2.45, 2.75) is 0 Å². The lowest BCUT2D eigenvalue weighted by Crippen LogP contribution is -1.97. The molecule has 10 aromatic carbocycles. The van der Waals surface area contributed by atoms with E-state index < -0.39 is 0 Å². The van der Waals surface area contributed by atoms with Gasteiger partial charge in [-0.1, -0.05) is 188 Å². The van der Waals surface area contributed by atoms with Gasteiger partial charge in [0.05, 0.1) is 33.5 Å². The zero-order valence-electron chi connectivity index (χ0n) is 37.2. The number of hydrogen-bond donors (Lipinski definition) is 0. The summed E-state index contributed by atoms with van der Waals surface area (Å²) in [5.74, 6) is 0. The lowest BCUT2D eigenvalue weighted by atomic mass is 9.97. The minimum atomic E-state index is 0.909. The highest BCUT2D eigenvalue weighted by Gasteiger charge is 2.18. The molecule has 3 heteroatoms. The third-order valence-corrected chi connectivity index (χ3v) is 13.5. The molecule has 13 aromatic rings. The van der Waals surface area contributed by atoms with E-state index in [0.717, 1.165) is 56.0 Å². The fourth-order valence-corrected chi connectivity index (χ4v) is 10.2. The van der Waals surface area contributed by atoms with E-state index in [9.17, 15) is 0 Å². The van der Waals surface area contributed by atoms with Crippen LogP contribution in [0.2, 0.25) is 0 Å². The molecular weight excluding hydrogens is 823 g/mol. The van der Waals surface area contributed by atoms with Crippen molar-refractivity contribution in [1.29, 1.82) is 0 Å². The summed E-state index contributed by atoms with van der Waals surface area (Å²) in [7, 11) is 0. The van der Waals surface area contributed by atoms with Crippen molar-refractivity contribution in [3.63, 3.8) is 0 Å². The Morgan fingerprint density at radius 1 is 0.206 bits per heavy atom. The minimum Gasteiger partial charge on any atom is -0.309 e. The minimum absolute atomic E-state index is 0.909. The summed E-state index contributed by atoms with van der Waals surface area (Å²) < 4.78 is 4.79. The molecule has 3 nitrogen and oxygen atoms in total. The first-order chi connectivity index (χ1) is 33.7. The van der Waals surface area contributed by atoms with Crippen molar-refractivity contribution >= 4 is 43.6 Å². The Morgan fingerprint density at radius 2 is 0.544 bits per heavy atom. The highest BCUT2D eigenvalue weighted by Crippen LogP contribution is 2.40. The Morgan fingerprint density at radius 3 is 1.00 bits per heavy atom. The fraction of sp³-hybridized carbons (Fsp3) is 0. The first kappa shape index (κ1) is 39.3. The second-order valence-corrected chi connectivity index (χ2v) is 17.6. The van der Waals surface area contributed by atoms with Crippen LogP contribution in [0, 0.1) is 0 Å². The van der Waals surface area contributed by atoms with E-state index in [1.165, 1.54) is 66.0 Å². The summed E-state index contributed by atoms with van der Waals surface area (Å²) >= 11 is 0. The normalized spacial score (nSPS) is 11.5. The number of fused-ring (bicyclic) bond motifs is 6. The molecule has 0 unspecified atom stereocenters. The first-order valence-electron chi connectivity index (χ1n) is 23.3. The van der Waals surface area contributed by atoms with Gasteiger partial charge in [-0.15, -0.1) is 0 Å². The summed E-state index contributed by atoms with van der Waals surface area (Å²) in [6.07, 6.45) is 0. The molecule has 0 saturated heterocycles. The van der Waals surface area contributed by atoms with Crippen LogP contribution < -0.4 is 0 Å². The second-order valence-electron chi connectivity index (χ2n) is 17.6. The summed E-state index contributed by atoms with van der Waals surface area (Å²) in [6.45, 7) is 0. The van der Waals surface area contributed by atoms with Gasteiger partial charge in [0.1, 0.15) is 0 Å². The maximum atomic E-state index is 5.53. The second kappa shape index (κ2) is 16.4. The SMILES string of the molecule is c1ccc(-c2ccc(-c3cc(-c4cccc(-n5c6ccccc6c6ccccc65)c4)nc(-c4cccc(-n5c6ccc(-c7ccccc7)cc6c6cc(-c7ccccc7)ccc65)c4)c3)cc2)cc1. The van der Waals surface area contributed by atoms with E-state index in [1.54, 1.807) is 0 Å². The number of para-hydroxylation sites is 2. The summed E-state index contributed by atoms with van der Waals surface area (Å²) in [4.78, 5) is 5.53. The van der Waals surface area contributed by atoms with Gasteiger partial charge in [0.25, 0.3) is 0 Å². The topological polar surface area (TPSA) is 22.8 Å². The van der Waals surface area contributed by atoms with Crippen LogP contribution in [-0.2, 0) is 0 Å². The first-order valence-corrected chi connectivity index (χ1v) is 23.3. The number of aromatic nitrogens is 3. The van der Waals surface area contributed by atoms with E-state index >= 15 is 0 Å². The Bertz CT molecular complexity index is 3840. The lowest BCUT2D eigenvalue weighted by molar-refractivity contribution is 1.17. The van der Waals surface area contributed by atoms with Gasteiger partial charge in [-0.2, -0.15) is 0 Å². The van der Waals surface area contributed by atoms with Gasteiger partial charge in [-0.3, -0.25) is 0 Å². The molecule has 3 aromatic heterocycles. The molecule has 0 fully saturated rings. The van der Waals surface area contributed by atoms with Crippen molar-refractivity contribution in [3.05, 3.63) is 261 Å². The van der Waals surface area contributed by atoms with Gasteiger partial charge in [-0.25, -0.2) is 4.98 Å². The molecule has 0 bridgehead atoms. The van der Waals surface area contributed by atoms with Crippen LogP contribution in [-0.4, -0.2) is 14.1 Å².